The molecule has 6 rings (SSSR count). The fourth-order valence-corrected chi connectivity index (χ4v) is 7.18. The van der Waals surface area contributed by atoms with E-state index in [0.29, 0.717) is 10.8 Å². The topological polar surface area (TPSA) is 0 Å². The maximum absolute atomic E-state index is 3.80. The molecular formula is C27H47BBrMg. The molecule has 0 unspecified atom stereocenters. The van der Waals surface area contributed by atoms with Crippen molar-refractivity contribution in [1.29, 1.82) is 0 Å². The van der Waals surface area contributed by atoms with Crippen LogP contribution in [0.4, 0.5) is 0 Å². The first-order valence-electron chi connectivity index (χ1n) is 11.9. The van der Waals surface area contributed by atoms with Crippen LogP contribution in [-0.4, -0.2) is 30.3 Å². The summed E-state index contributed by atoms with van der Waals surface area (Å²) in [6, 6.07) is 0. The van der Waals surface area contributed by atoms with Crippen LogP contribution in [-0.2, 0) is 0 Å². The SMILES string of the molecule is C=CC[B][C@@H]1C[C@@H]2C[C@H]([C@H]1C)C2(C)C.C=C[CH2-].C[C@H]1[C@H](C)C[C@@H]2C[C@H]1C2(C)C.[Br-].[Mg+2]. The van der Waals surface area contributed by atoms with Gasteiger partial charge in [0.2, 0.25) is 0 Å². The summed E-state index contributed by atoms with van der Waals surface area (Å²) in [4.78, 5) is 0. The Kier molecular flexibility index (Phi) is 12.5. The first-order chi connectivity index (χ1) is 13.0. The average molecular weight is 487 g/mol. The molecule has 8 atom stereocenters. The van der Waals surface area contributed by atoms with Crippen LogP contribution >= 0.6 is 0 Å². The normalized spacial score (nSPS) is 40.5. The Morgan fingerprint density at radius 1 is 0.867 bits per heavy atom. The number of rotatable bonds is 3. The van der Waals surface area contributed by atoms with Crippen molar-refractivity contribution in [1.82, 2.24) is 0 Å². The summed E-state index contributed by atoms with van der Waals surface area (Å²) in [5.74, 6) is 7.80. The van der Waals surface area contributed by atoms with Crippen LogP contribution in [0.5, 0.6) is 0 Å². The second-order valence-corrected chi connectivity index (χ2v) is 11.6. The summed E-state index contributed by atoms with van der Waals surface area (Å²) in [5.41, 5.74) is 1.32. The van der Waals surface area contributed by atoms with Crippen molar-refractivity contribution in [2.45, 2.75) is 86.3 Å². The van der Waals surface area contributed by atoms with Crippen molar-refractivity contribution in [3.8, 4) is 0 Å². The van der Waals surface area contributed by atoms with E-state index < -0.39 is 0 Å². The standard InChI is InChI=1S/C13H22B.C11H20.C3H5.BrH.Mg/c1-5-6-14-12-8-10-7-11(9(12)2)13(10,3)4;1-7-5-9-6-10(8(7)2)11(9,3)4;1-3-2;;/h5,9-12H,1,6-8H2,2-4H3;7-10H,5-6H2,1-4H3;3H,1-2H2;1H;/q;;-1;;+2/p-1/t9-,10+,11-,12-;7-,8+,9-,10-;;;/m11.../s1. The van der Waals surface area contributed by atoms with Crippen molar-refractivity contribution in [2.24, 2.45) is 52.3 Å². The molecule has 0 aliphatic heterocycles. The Morgan fingerprint density at radius 2 is 1.30 bits per heavy atom. The second kappa shape index (κ2) is 12.2. The average Bonchev–Trinajstić information content (AvgIpc) is 2.63. The van der Waals surface area contributed by atoms with E-state index in [0.717, 1.165) is 53.6 Å². The third-order valence-corrected chi connectivity index (χ3v) is 9.75. The Balaban J connectivity index is 0.000000477. The van der Waals surface area contributed by atoms with E-state index in [4.69, 9.17) is 0 Å². The summed E-state index contributed by atoms with van der Waals surface area (Å²) in [6.07, 6.45) is 10.6. The van der Waals surface area contributed by atoms with Gasteiger partial charge in [0, 0.05) is 0 Å². The smallest absolute Gasteiger partial charge is 1.00 e. The minimum atomic E-state index is 0. The molecule has 0 nitrogen and oxygen atoms in total. The van der Waals surface area contributed by atoms with Crippen molar-refractivity contribution < 1.29 is 17.0 Å². The first kappa shape index (κ1) is 30.7. The molecule has 6 aliphatic rings. The van der Waals surface area contributed by atoms with Gasteiger partial charge in [0.05, 0.1) is 0 Å². The molecule has 0 amide bonds. The fraction of sp³-hybridized carbons (Fsp3) is 0.815. The minimum Gasteiger partial charge on any atom is -1.00 e. The molecule has 4 bridgehead atoms. The van der Waals surface area contributed by atoms with Crippen LogP contribution < -0.4 is 17.0 Å². The van der Waals surface area contributed by atoms with E-state index in [1.807, 2.05) is 6.08 Å². The van der Waals surface area contributed by atoms with Gasteiger partial charge in [-0.2, -0.15) is 0 Å². The van der Waals surface area contributed by atoms with Crippen molar-refractivity contribution in [3.05, 3.63) is 32.2 Å². The van der Waals surface area contributed by atoms with Crippen LogP contribution in [0.3, 0.4) is 0 Å². The van der Waals surface area contributed by atoms with Gasteiger partial charge in [-0.1, -0.05) is 73.1 Å². The summed E-state index contributed by atoms with van der Waals surface area (Å²) < 4.78 is 0. The zero-order chi connectivity index (χ0) is 21.3. The molecule has 1 radical (unpaired) electrons. The maximum Gasteiger partial charge on any atom is 2.00 e. The summed E-state index contributed by atoms with van der Waals surface area (Å²) in [7, 11) is 2.49. The number of hydrogen-bond donors (Lipinski definition) is 0. The molecule has 0 spiro atoms. The monoisotopic (exact) mass is 485 g/mol. The van der Waals surface area contributed by atoms with Gasteiger partial charge in [-0.15, -0.1) is 6.58 Å². The fourth-order valence-electron chi connectivity index (χ4n) is 7.18. The van der Waals surface area contributed by atoms with Gasteiger partial charge >= 0.3 is 23.1 Å². The molecule has 0 aromatic rings. The zero-order valence-electron chi connectivity index (χ0n) is 21.1. The molecule has 6 aliphatic carbocycles. The van der Waals surface area contributed by atoms with Crippen molar-refractivity contribution in [3.63, 3.8) is 0 Å². The molecular weight excluding hydrogens is 439 g/mol. The van der Waals surface area contributed by atoms with E-state index in [9.17, 15) is 0 Å². The van der Waals surface area contributed by atoms with Crippen LogP contribution in [0.25, 0.3) is 0 Å². The molecule has 0 aromatic heterocycles. The molecule has 6 saturated carbocycles. The second-order valence-electron chi connectivity index (χ2n) is 11.6. The molecule has 0 N–H and O–H groups in total. The third kappa shape index (κ3) is 5.96. The van der Waals surface area contributed by atoms with Crippen LogP contribution in [0, 0.1) is 59.2 Å². The summed E-state index contributed by atoms with van der Waals surface area (Å²) >= 11 is 0. The molecule has 167 valence electrons. The zero-order valence-corrected chi connectivity index (χ0v) is 24.1. The van der Waals surface area contributed by atoms with Gasteiger partial charge < -0.3 is 17.0 Å². The number of fused-ring (bicyclic) bond motifs is 4. The molecule has 6 fully saturated rings. The van der Waals surface area contributed by atoms with Gasteiger partial charge in [0.1, 0.15) is 7.28 Å². The Morgan fingerprint density at radius 3 is 1.63 bits per heavy atom. The first-order valence-corrected chi connectivity index (χ1v) is 11.9. The minimum absolute atomic E-state index is 0. The molecule has 0 heterocycles. The Bertz CT molecular complexity index is 543. The van der Waals surface area contributed by atoms with Crippen molar-refractivity contribution in [2.75, 3.05) is 0 Å². The van der Waals surface area contributed by atoms with E-state index in [2.05, 4.69) is 75.8 Å². The predicted molar refractivity (Wildman–Crippen MR) is 133 cm³/mol. The van der Waals surface area contributed by atoms with E-state index in [1.54, 1.807) is 0 Å². The van der Waals surface area contributed by atoms with Crippen LogP contribution in [0.15, 0.2) is 25.3 Å². The van der Waals surface area contributed by atoms with Crippen LogP contribution in [0.1, 0.15) is 74.1 Å². The number of halogens is 1. The largest absolute Gasteiger partial charge is 2.00 e. The third-order valence-electron chi connectivity index (χ3n) is 9.75. The predicted octanol–water partition coefficient (Wildman–Crippen LogP) is 4.74. The van der Waals surface area contributed by atoms with Gasteiger partial charge in [-0.3, -0.25) is 0 Å². The molecule has 3 heteroatoms. The number of allylic oxidation sites excluding steroid dienone is 2. The maximum atomic E-state index is 3.80. The van der Waals surface area contributed by atoms with Gasteiger partial charge in [-0.25, -0.2) is 19.6 Å². The molecule has 30 heavy (non-hydrogen) atoms. The van der Waals surface area contributed by atoms with Gasteiger partial charge in [-0.05, 0) is 71.5 Å². The number of hydrogen-bond acceptors (Lipinski definition) is 0. The van der Waals surface area contributed by atoms with Gasteiger partial charge in [0.15, 0.2) is 0 Å². The van der Waals surface area contributed by atoms with Crippen molar-refractivity contribution >= 4 is 30.3 Å². The summed E-state index contributed by atoms with van der Waals surface area (Å²) in [6.45, 7) is 27.5. The van der Waals surface area contributed by atoms with Gasteiger partial charge in [0.25, 0.3) is 0 Å². The van der Waals surface area contributed by atoms with Crippen LogP contribution in [0.2, 0.25) is 12.1 Å². The van der Waals surface area contributed by atoms with E-state index in [-0.39, 0.29) is 40.0 Å². The Hall–Kier alpha value is 0.661. The quantitative estimate of drug-likeness (QED) is 0.307. The summed E-state index contributed by atoms with van der Waals surface area (Å²) in [5, 5.41) is 0. The molecule has 0 aromatic carbocycles. The van der Waals surface area contributed by atoms with E-state index >= 15 is 0 Å². The van der Waals surface area contributed by atoms with E-state index in [1.165, 1.54) is 31.8 Å². The Labute approximate surface area is 217 Å². The molecule has 0 saturated heterocycles.